The molecule has 5 heteroatoms. The number of fused-ring (bicyclic) bond motifs is 3. The van der Waals surface area contributed by atoms with Gasteiger partial charge in [0.1, 0.15) is 5.75 Å². The minimum Gasteiger partial charge on any atom is -0.460 e. The molecule has 3 aromatic rings. The second-order valence-corrected chi connectivity index (χ2v) is 7.77. The molecule has 3 aromatic carbocycles. The summed E-state index contributed by atoms with van der Waals surface area (Å²) in [7, 11) is -1.55. The quantitative estimate of drug-likeness (QED) is 0.522. The molecular formula is C19H11Cl2O2P. The Hall–Kier alpha value is -1.86. The molecule has 0 radical (unpaired) electrons. The van der Waals surface area contributed by atoms with E-state index in [-0.39, 0.29) is 5.52 Å². The molecule has 0 aliphatic carbocycles. The third-order valence-electron chi connectivity index (χ3n) is 3.85. The van der Waals surface area contributed by atoms with Crippen molar-refractivity contribution < 1.29 is 9.32 Å². The summed E-state index contributed by atoms with van der Waals surface area (Å²) in [6.07, 6.45) is 0. The molecule has 0 N–H and O–H groups in total. The second-order valence-electron chi connectivity index (χ2n) is 5.30. The Labute approximate surface area is 150 Å². The van der Waals surface area contributed by atoms with Crippen molar-refractivity contribution in [2.24, 2.45) is 0 Å². The molecule has 1 atom stereocenters. The highest BCUT2D eigenvalue weighted by atomic mass is 35.5. The topological polar surface area (TPSA) is 26.3 Å². The van der Waals surface area contributed by atoms with Crippen LogP contribution in [0.4, 0.5) is 0 Å². The van der Waals surface area contributed by atoms with E-state index in [1.807, 2.05) is 48.5 Å². The minimum absolute atomic E-state index is 0.178. The van der Waals surface area contributed by atoms with Gasteiger partial charge < -0.3 is 4.52 Å². The van der Waals surface area contributed by atoms with Gasteiger partial charge in [-0.15, -0.1) is 0 Å². The molecule has 1 unspecified atom stereocenters. The van der Waals surface area contributed by atoms with Gasteiger partial charge in [-0.05, 0) is 23.8 Å². The largest absolute Gasteiger partial charge is 0.460 e. The van der Waals surface area contributed by atoms with Crippen molar-refractivity contribution >= 4 is 42.2 Å². The molecule has 118 valence electrons. The van der Waals surface area contributed by atoms with Gasteiger partial charge in [-0.1, -0.05) is 71.7 Å². The third kappa shape index (κ3) is 2.52. The molecule has 0 spiro atoms. The van der Waals surface area contributed by atoms with E-state index in [9.17, 15) is 4.79 Å². The highest BCUT2D eigenvalue weighted by Gasteiger charge is 2.34. The Morgan fingerprint density at radius 1 is 0.792 bits per heavy atom. The number of hydrogen-bond donors (Lipinski definition) is 0. The lowest BCUT2D eigenvalue weighted by Gasteiger charge is -2.27. The van der Waals surface area contributed by atoms with Crippen molar-refractivity contribution in [2.75, 3.05) is 0 Å². The van der Waals surface area contributed by atoms with Crippen LogP contribution in [0.5, 0.6) is 5.75 Å². The zero-order chi connectivity index (χ0) is 16.7. The van der Waals surface area contributed by atoms with E-state index >= 15 is 0 Å². The maximum Gasteiger partial charge on any atom is 0.231 e. The first-order chi connectivity index (χ1) is 11.7. The van der Waals surface area contributed by atoms with Crippen molar-refractivity contribution in [2.45, 2.75) is 0 Å². The average Bonchev–Trinajstić information content (AvgIpc) is 2.61. The third-order valence-corrected chi connectivity index (χ3v) is 6.28. The van der Waals surface area contributed by atoms with Gasteiger partial charge in [-0.25, -0.2) is 0 Å². The maximum absolute atomic E-state index is 13.1. The van der Waals surface area contributed by atoms with Crippen LogP contribution in [0.3, 0.4) is 0 Å². The predicted molar refractivity (Wildman–Crippen MR) is 99.9 cm³/mol. The molecular weight excluding hydrogens is 362 g/mol. The minimum atomic E-state index is -1.55. The van der Waals surface area contributed by atoms with Crippen LogP contribution in [0.15, 0.2) is 66.7 Å². The Bertz CT molecular complexity index is 935. The first-order valence-electron chi connectivity index (χ1n) is 7.31. The van der Waals surface area contributed by atoms with Gasteiger partial charge in [0.05, 0.1) is 15.6 Å². The lowest BCUT2D eigenvalue weighted by molar-refractivity contribution is 0.107. The van der Waals surface area contributed by atoms with Gasteiger partial charge in [0.2, 0.25) is 5.52 Å². The van der Waals surface area contributed by atoms with Gasteiger partial charge in [0.15, 0.2) is 8.15 Å². The lowest BCUT2D eigenvalue weighted by atomic mass is 10.0. The first kappa shape index (κ1) is 15.7. The number of carbonyl (C=O) groups is 1. The molecule has 1 aliphatic heterocycles. The highest BCUT2D eigenvalue weighted by Crippen LogP contribution is 2.51. The fraction of sp³-hybridized carbons (Fsp3) is 0. The summed E-state index contributed by atoms with van der Waals surface area (Å²) in [5.41, 5.74) is 2.15. The summed E-state index contributed by atoms with van der Waals surface area (Å²) in [6.45, 7) is 0. The summed E-state index contributed by atoms with van der Waals surface area (Å²) in [4.78, 5) is 13.1. The van der Waals surface area contributed by atoms with Crippen LogP contribution in [0.2, 0.25) is 10.0 Å². The van der Waals surface area contributed by atoms with Crippen LogP contribution in [0.1, 0.15) is 10.4 Å². The summed E-state index contributed by atoms with van der Waals surface area (Å²) in [5, 5.41) is 1.57. The summed E-state index contributed by atoms with van der Waals surface area (Å²) < 4.78 is 6.08. The van der Waals surface area contributed by atoms with Crippen molar-refractivity contribution in [1.82, 2.24) is 0 Å². The number of halogens is 2. The van der Waals surface area contributed by atoms with E-state index in [0.717, 1.165) is 16.4 Å². The van der Waals surface area contributed by atoms with Crippen molar-refractivity contribution in [3.8, 4) is 16.9 Å². The van der Waals surface area contributed by atoms with Crippen molar-refractivity contribution in [1.29, 1.82) is 0 Å². The molecule has 1 heterocycles. The second kappa shape index (κ2) is 6.22. The van der Waals surface area contributed by atoms with Gasteiger partial charge >= 0.3 is 0 Å². The Morgan fingerprint density at radius 2 is 1.42 bits per heavy atom. The molecule has 2 nitrogen and oxygen atoms in total. The normalized spacial score (nSPS) is 15.2. The number of benzene rings is 3. The molecule has 0 bridgehead atoms. The van der Waals surface area contributed by atoms with Crippen LogP contribution in [-0.4, -0.2) is 5.52 Å². The standard InChI is InChI=1S/C19H11Cl2O2P/c20-14-8-5-9-15(21)18(14)19(22)24-17-11-4-2-7-13(17)12-6-1-3-10-16(12)23-24/h1-11H. The van der Waals surface area contributed by atoms with Crippen molar-refractivity contribution in [3.63, 3.8) is 0 Å². The Kier molecular flexibility index (Phi) is 4.05. The Morgan fingerprint density at radius 3 is 2.17 bits per heavy atom. The smallest absolute Gasteiger partial charge is 0.231 e. The molecule has 0 aromatic heterocycles. The van der Waals surface area contributed by atoms with Gasteiger partial charge in [-0.2, -0.15) is 0 Å². The van der Waals surface area contributed by atoms with E-state index in [0.29, 0.717) is 21.4 Å². The molecule has 0 saturated carbocycles. The van der Waals surface area contributed by atoms with Crippen LogP contribution < -0.4 is 9.83 Å². The van der Waals surface area contributed by atoms with Gasteiger partial charge in [-0.3, -0.25) is 4.79 Å². The Balaban J connectivity index is 1.87. The summed E-state index contributed by atoms with van der Waals surface area (Å²) in [6, 6.07) is 20.6. The lowest BCUT2D eigenvalue weighted by Crippen LogP contribution is -2.19. The molecule has 1 aliphatic rings. The van der Waals surface area contributed by atoms with Crippen molar-refractivity contribution in [3.05, 3.63) is 82.3 Å². The predicted octanol–water partition coefficient (Wildman–Crippen LogP) is 5.92. The SMILES string of the molecule is O=C(c1c(Cl)cccc1Cl)P1Oc2ccccc2-c2ccccc21. The van der Waals surface area contributed by atoms with E-state index in [2.05, 4.69) is 0 Å². The highest BCUT2D eigenvalue weighted by molar-refractivity contribution is 7.78. The number of carbonyl (C=O) groups excluding carboxylic acids is 1. The van der Waals surface area contributed by atoms with E-state index in [1.54, 1.807) is 18.2 Å². The number of rotatable bonds is 2. The van der Waals surface area contributed by atoms with Crippen LogP contribution >= 0.6 is 31.4 Å². The fourth-order valence-electron chi connectivity index (χ4n) is 2.75. The molecule has 4 rings (SSSR count). The monoisotopic (exact) mass is 372 g/mol. The van der Waals surface area contributed by atoms with E-state index in [1.165, 1.54) is 0 Å². The van der Waals surface area contributed by atoms with Crippen LogP contribution in [0.25, 0.3) is 11.1 Å². The first-order valence-corrected chi connectivity index (χ1v) is 9.33. The van der Waals surface area contributed by atoms with Crippen LogP contribution in [0, 0.1) is 0 Å². The zero-order valence-corrected chi connectivity index (χ0v) is 14.8. The summed E-state index contributed by atoms with van der Waals surface area (Å²) in [5.74, 6) is 0.707. The molecule has 0 amide bonds. The van der Waals surface area contributed by atoms with E-state index in [4.69, 9.17) is 27.7 Å². The van der Waals surface area contributed by atoms with Gasteiger partial charge in [0, 0.05) is 10.9 Å². The molecule has 0 saturated heterocycles. The molecule has 24 heavy (non-hydrogen) atoms. The number of para-hydroxylation sites is 1. The molecule has 0 fully saturated rings. The average molecular weight is 373 g/mol. The van der Waals surface area contributed by atoms with E-state index < -0.39 is 8.15 Å². The summed E-state index contributed by atoms with van der Waals surface area (Å²) >= 11 is 12.4. The van der Waals surface area contributed by atoms with Crippen LogP contribution in [-0.2, 0) is 0 Å². The fourth-order valence-corrected chi connectivity index (χ4v) is 5.29. The zero-order valence-electron chi connectivity index (χ0n) is 12.4. The number of hydrogen-bond acceptors (Lipinski definition) is 2. The van der Waals surface area contributed by atoms with Gasteiger partial charge in [0.25, 0.3) is 0 Å². The maximum atomic E-state index is 13.1.